The SMILES string of the molecule is O=C(O)c1cc2c(s1)CCOC21CCN(C(=O)c2ncc[nH]2)CC1. The van der Waals surface area contributed by atoms with Crippen LogP contribution in [0.3, 0.4) is 0 Å². The van der Waals surface area contributed by atoms with E-state index in [1.807, 2.05) is 0 Å². The van der Waals surface area contributed by atoms with Crippen molar-refractivity contribution in [1.29, 1.82) is 0 Å². The van der Waals surface area contributed by atoms with Crippen molar-refractivity contribution in [3.8, 4) is 0 Å². The minimum absolute atomic E-state index is 0.109. The Kier molecular flexibility index (Phi) is 3.65. The summed E-state index contributed by atoms with van der Waals surface area (Å²) in [6.07, 6.45) is 5.29. The zero-order valence-corrected chi connectivity index (χ0v) is 13.8. The van der Waals surface area contributed by atoms with Crippen LogP contribution in [-0.4, -0.2) is 51.5 Å². The molecule has 4 heterocycles. The Labute approximate surface area is 142 Å². The third-order valence-corrected chi connectivity index (χ3v) is 5.96. The van der Waals surface area contributed by atoms with Gasteiger partial charge in [0.2, 0.25) is 0 Å². The van der Waals surface area contributed by atoms with Crippen molar-refractivity contribution >= 4 is 23.2 Å². The number of likely N-dealkylation sites (tertiary alicyclic amines) is 1. The summed E-state index contributed by atoms with van der Waals surface area (Å²) >= 11 is 1.34. The Hall–Kier alpha value is -2.19. The Morgan fingerprint density at radius 2 is 2.17 bits per heavy atom. The van der Waals surface area contributed by atoms with Crippen LogP contribution in [0.15, 0.2) is 18.5 Å². The molecule has 0 radical (unpaired) electrons. The predicted octanol–water partition coefficient (Wildman–Crippen LogP) is 1.87. The van der Waals surface area contributed by atoms with Gasteiger partial charge in [0.15, 0.2) is 5.82 Å². The lowest BCUT2D eigenvalue weighted by Crippen LogP contribution is -2.48. The monoisotopic (exact) mass is 347 g/mol. The average Bonchev–Trinajstić information content (AvgIpc) is 3.25. The van der Waals surface area contributed by atoms with E-state index in [0.717, 1.165) is 16.9 Å². The number of aromatic carboxylic acids is 1. The Morgan fingerprint density at radius 1 is 1.38 bits per heavy atom. The third-order valence-electron chi connectivity index (χ3n) is 4.78. The molecule has 126 valence electrons. The van der Waals surface area contributed by atoms with Crippen LogP contribution >= 0.6 is 11.3 Å². The molecule has 0 unspecified atom stereocenters. The molecule has 1 fully saturated rings. The van der Waals surface area contributed by atoms with E-state index in [1.54, 1.807) is 23.4 Å². The molecule has 2 aliphatic rings. The van der Waals surface area contributed by atoms with Crippen LogP contribution < -0.4 is 0 Å². The second-order valence-electron chi connectivity index (χ2n) is 6.08. The fourth-order valence-corrected chi connectivity index (χ4v) is 4.61. The molecule has 2 aromatic heterocycles. The first kappa shape index (κ1) is 15.3. The number of thiophene rings is 1. The van der Waals surface area contributed by atoms with Gasteiger partial charge in [-0.05, 0) is 24.5 Å². The highest BCUT2D eigenvalue weighted by Gasteiger charge is 2.43. The number of carboxylic acid groups (broad SMARTS) is 1. The second-order valence-corrected chi connectivity index (χ2v) is 7.21. The van der Waals surface area contributed by atoms with Gasteiger partial charge in [-0.3, -0.25) is 4.79 Å². The summed E-state index contributed by atoms with van der Waals surface area (Å²) in [6.45, 7) is 1.73. The van der Waals surface area contributed by atoms with Crippen molar-refractivity contribution in [2.24, 2.45) is 0 Å². The number of carbonyl (C=O) groups is 2. The minimum atomic E-state index is -0.894. The number of nitrogens with zero attached hydrogens (tertiary/aromatic N) is 2. The van der Waals surface area contributed by atoms with Crippen molar-refractivity contribution in [2.75, 3.05) is 19.7 Å². The molecule has 2 N–H and O–H groups in total. The largest absolute Gasteiger partial charge is 0.477 e. The van der Waals surface area contributed by atoms with Crippen molar-refractivity contribution in [3.63, 3.8) is 0 Å². The third kappa shape index (κ3) is 2.42. The van der Waals surface area contributed by atoms with E-state index in [1.165, 1.54) is 11.3 Å². The number of H-pyrrole nitrogens is 1. The van der Waals surface area contributed by atoms with Gasteiger partial charge in [0.05, 0.1) is 12.2 Å². The summed E-state index contributed by atoms with van der Waals surface area (Å²) in [5.74, 6) is -0.655. The number of aromatic nitrogens is 2. The molecule has 2 aliphatic heterocycles. The lowest BCUT2D eigenvalue weighted by Gasteiger charge is -2.43. The zero-order chi connectivity index (χ0) is 16.7. The molecule has 24 heavy (non-hydrogen) atoms. The quantitative estimate of drug-likeness (QED) is 0.865. The Balaban J connectivity index is 1.55. The predicted molar refractivity (Wildman–Crippen MR) is 86.3 cm³/mol. The van der Waals surface area contributed by atoms with E-state index >= 15 is 0 Å². The molecule has 0 saturated carbocycles. The first-order chi connectivity index (χ1) is 11.6. The number of piperidine rings is 1. The smallest absolute Gasteiger partial charge is 0.345 e. The molecular weight excluding hydrogens is 330 g/mol. The molecule has 8 heteroatoms. The molecule has 2 aromatic rings. The Bertz CT molecular complexity index is 775. The highest BCUT2D eigenvalue weighted by Crippen LogP contribution is 2.44. The van der Waals surface area contributed by atoms with Crippen LogP contribution in [0.5, 0.6) is 0 Å². The number of imidazole rings is 1. The first-order valence-corrected chi connectivity index (χ1v) is 8.70. The summed E-state index contributed by atoms with van der Waals surface area (Å²) in [5, 5.41) is 9.25. The van der Waals surface area contributed by atoms with E-state index in [9.17, 15) is 14.7 Å². The topological polar surface area (TPSA) is 95.5 Å². The number of fused-ring (bicyclic) bond motifs is 2. The van der Waals surface area contributed by atoms with Gasteiger partial charge in [-0.15, -0.1) is 11.3 Å². The Morgan fingerprint density at radius 3 is 2.83 bits per heavy atom. The maximum Gasteiger partial charge on any atom is 0.345 e. The van der Waals surface area contributed by atoms with Gasteiger partial charge in [0.1, 0.15) is 4.88 Å². The molecule has 1 spiro atoms. The van der Waals surface area contributed by atoms with E-state index < -0.39 is 11.6 Å². The van der Waals surface area contributed by atoms with E-state index in [4.69, 9.17) is 4.74 Å². The number of carbonyl (C=O) groups excluding carboxylic acids is 1. The van der Waals surface area contributed by atoms with Crippen molar-refractivity contribution in [3.05, 3.63) is 39.6 Å². The van der Waals surface area contributed by atoms with Crippen LogP contribution in [0, 0.1) is 0 Å². The van der Waals surface area contributed by atoms with E-state index in [0.29, 0.717) is 43.2 Å². The number of carboxylic acids is 1. The number of ether oxygens (including phenoxy) is 1. The highest BCUT2D eigenvalue weighted by atomic mass is 32.1. The van der Waals surface area contributed by atoms with Gasteiger partial charge in [0, 0.05) is 36.8 Å². The highest BCUT2D eigenvalue weighted by molar-refractivity contribution is 7.14. The maximum absolute atomic E-state index is 12.4. The second kappa shape index (κ2) is 5.71. The lowest BCUT2D eigenvalue weighted by atomic mass is 9.82. The minimum Gasteiger partial charge on any atom is -0.477 e. The van der Waals surface area contributed by atoms with Gasteiger partial charge in [-0.2, -0.15) is 0 Å². The van der Waals surface area contributed by atoms with Crippen LogP contribution in [-0.2, 0) is 16.8 Å². The van der Waals surface area contributed by atoms with Gasteiger partial charge in [0.25, 0.3) is 5.91 Å². The normalized spacial score (nSPS) is 19.2. The van der Waals surface area contributed by atoms with E-state index in [2.05, 4.69) is 9.97 Å². The molecule has 0 bridgehead atoms. The summed E-state index contributed by atoms with van der Waals surface area (Å²) < 4.78 is 6.10. The maximum atomic E-state index is 12.4. The van der Waals surface area contributed by atoms with Crippen LogP contribution in [0.4, 0.5) is 0 Å². The number of hydrogen-bond acceptors (Lipinski definition) is 5. The van der Waals surface area contributed by atoms with Crippen LogP contribution in [0.1, 0.15) is 43.6 Å². The van der Waals surface area contributed by atoms with Crippen molar-refractivity contribution in [1.82, 2.24) is 14.9 Å². The van der Waals surface area contributed by atoms with E-state index in [-0.39, 0.29) is 5.91 Å². The fourth-order valence-electron chi connectivity index (χ4n) is 3.54. The van der Waals surface area contributed by atoms with Crippen LogP contribution in [0.2, 0.25) is 0 Å². The average molecular weight is 347 g/mol. The molecule has 1 saturated heterocycles. The molecule has 4 rings (SSSR count). The number of amides is 1. The van der Waals surface area contributed by atoms with Crippen molar-refractivity contribution in [2.45, 2.75) is 24.9 Å². The summed E-state index contributed by atoms with van der Waals surface area (Å²) in [4.78, 5) is 33.7. The zero-order valence-electron chi connectivity index (χ0n) is 12.9. The summed E-state index contributed by atoms with van der Waals surface area (Å²) in [6, 6.07) is 1.76. The van der Waals surface area contributed by atoms with Gasteiger partial charge in [-0.25, -0.2) is 9.78 Å². The molecule has 0 aromatic carbocycles. The first-order valence-electron chi connectivity index (χ1n) is 7.88. The molecule has 7 nitrogen and oxygen atoms in total. The fraction of sp³-hybridized carbons (Fsp3) is 0.438. The van der Waals surface area contributed by atoms with Gasteiger partial charge < -0.3 is 19.7 Å². The van der Waals surface area contributed by atoms with Crippen molar-refractivity contribution < 1.29 is 19.4 Å². The summed E-state index contributed by atoms with van der Waals surface area (Å²) in [5.41, 5.74) is 0.541. The number of aromatic amines is 1. The molecular formula is C16H17N3O4S. The number of hydrogen-bond donors (Lipinski definition) is 2. The lowest BCUT2D eigenvalue weighted by molar-refractivity contribution is -0.0927. The number of nitrogens with one attached hydrogen (secondary N) is 1. The van der Waals surface area contributed by atoms with Gasteiger partial charge >= 0.3 is 5.97 Å². The number of rotatable bonds is 2. The van der Waals surface area contributed by atoms with Gasteiger partial charge in [-0.1, -0.05) is 0 Å². The standard InChI is InChI=1S/C16H17N3O4S/c20-14(13-17-4-5-18-13)19-6-2-16(3-7-19)10-9-12(15(21)22)24-11(10)1-8-23-16/h4-5,9H,1-3,6-8H2,(H,17,18)(H,21,22). The molecule has 0 atom stereocenters. The summed E-state index contributed by atoms with van der Waals surface area (Å²) in [7, 11) is 0. The van der Waals surface area contributed by atoms with Crippen LogP contribution in [0.25, 0.3) is 0 Å². The molecule has 1 amide bonds. The molecule has 0 aliphatic carbocycles.